The van der Waals surface area contributed by atoms with Gasteiger partial charge in [-0.3, -0.25) is 9.98 Å². The Bertz CT molecular complexity index is 1680. The van der Waals surface area contributed by atoms with Gasteiger partial charge in [-0.1, -0.05) is 139 Å². The number of benzene rings is 5. The van der Waals surface area contributed by atoms with Crippen LogP contribution in [-0.2, 0) is 6.16 Å². The first-order valence-corrected chi connectivity index (χ1v) is 17.1. The molecule has 204 valence electrons. The number of hydrogen-bond donors (Lipinski definition) is 0. The first-order valence-electron chi connectivity index (χ1n) is 13.8. The first-order chi connectivity index (χ1) is 20.7. The summed E-state index contributed by atoms with van der Waals surface area (Å²) in [5, 5.41) is 7.04. The fourth-order valence-corrected chi connectivity index (χ4v) is 9.77. The molecule has 5 heteroatoms. The molecule has 0 aliphatic heterocycles. The normalized spacial score (nSPS) is 11.4. The van der Waals surface area contributed by atoms with Crippen LogP contribution in [0.25, 0.3) is 0 Å². The van der Waals surface area contributed by atoms with E-state index in [0.29, 0.717) is 5.02 Å². The zero-order chi connectivity index (χ0) is 28.6. The van der Waals surface area contributed by atoms with Crippen LogP contribution in [0.4, 0.5) is 5.69 Å². The maximum atomic E-state index is 6.57. The molecule has 0 unspecified atom stereocenters. The average Bonchev–Trinajstić information content (AvgIpc) is 3.05. The van der Waals surface area contributed by atoms with Crippen molar-refractivity contribution in [3.63, 3.8) is 0 Å². The third-order valence-electron chi connectivity index (χ3n) is 6.83. The monoisotopic (exact) mass is 598 g/mol. The molecular formula is C37H29ClN2P2. The van der Waals surface area contributed by atoms with Crippen LogP contribution in [0.5, 0.6) is 0 Å². The van der Waals surface area contributed by atoms with Crippen molar-refractivity contribution in [2.45, 2.75) is 6.16 Å². The fourth-order valence-electron chi connectivity index (χ4n) is 4.87. The van der Waals surface area contributed by atoms with Crippen molar-refractivity contribution in [1.29, 1.82) is 0 Å². The molecule has 0 bridgehead atoms. The van der Waals surface area contributed by atoms with Gasteiger partial charge in [-0.05, 0) is 67.4 Å². The summed E-state index contributed by atoms with van der Waals surface area (Å²) in [5.41, 5.74) is 2.80. The van der Waals surface area contributed by atoms with Crippen molar-refractivity contribution < 1.29 is 0 Å². The molecule has 0 saturated heterocycles. The first kappa shape index (κ1) is 28.2. The Hall–Kier alpha value is -3.93. The molecule has 0 aliphatic rings. The summed E-state index contributed by atoms with van der Waals surface area (Å²) >= 11 is 6.57. The highest BCUT2D eigenvalue weighted by molar-refractivity contribution is 7.80. The second-order valence-electron chi connectivity index (χ2n) is 9.71. The Kier molecular flexibility index (Phi) is 9.28. The average molecular weight is 599 g/mol. The predicted molar refractivity (Wildman–Crippen MR) is 184 cm³/mol. The van der Waals surface area contributed by atoms with Gasteiger partial charge in [0.15, 0.2) is 0 Å². The van der Waals surface area contributed by atoms with Crippen molar-refractivity contribution in [3.8, 4) is 0 Å². The Labute approximate surface area is 255 Å². The Morgan fingerprint density at radius 2 is 1.10 bits per heavy atom. The van der Waals surface area contributed by atoms with Crippen LogP contribution in [0.1, 0.15) is 11.4 Å². The smallest absolute Gasteiger partial charge is 0.0816 e. The van der Waals surface area contributed by atoms with E-state index in [-0.39, 0.29) is 0 Å². The van der Waals surface area contributed by atoms with Crippen LogP contribution in [0.3, 0.4) is 0 Å². The molecule has 5 aromatic carbocycles. The van der Waals surface area contributed by atoms with Crippen molar-refractivity contribution in [2.24, 2.45) is 4.99 Å². The molecule has 0 spiro atoms. The maximum Gasteiger partial charge on any atom is 0.0816 e. The van der Waals surface area contributed by atoms with Gasteiger partial charge in [0.25, 0.3) is 0 Å². The summed E-state index contributed by atoms with van der Waals surface area (Å²) < 4.78 is 0. The van der Waals surface area contributed by atoms with E-state index in [1.807, 2.05) is 24.4 Å². The van der Waals surface area contributed by atoms with E-state index in [1.54, 1.807) is 0 Å². The van der Waals surface area contributed by atoms with Crippen LogP contribution in [-0.4, -0.2) is 11.2 Å². The number of nitrogens with zero attached hydrogens (tertiary/aromatic N) is 2. The fraction of sp³-hybridized carbons (Fsp3) is 0.0270. The third kappa shape index (κ3) is 6.92. The second kappa shape index (κ2) is 13.8. The standard InChI is InChI=1S/C37H29ClN2P2/c38-29-24-25-36(37(26-29)42(34-20-9-3-10-21-34)35-22-11-4-12-23-35)39-27-30-14-13-15-31(40-30)28-41(32-16-5-1-6-17-32)33-18-7-2-8-19-33/h1-27H,28H2. The molecule has 0 atom stereocenters. The number of aromatic nitrogens is 1. The lowest BCUT2D eigenvalue weighted by Gasteiger charge is -2.21. The quantitative estimate of drug-likeness (QED) is 0.123. The summed E-state index contributed by atoms with van der Waals surface area (Å²) in [6.45, 7) is 0. The van der Waals surface area contributed by atoms with E-state index in [9.17, 15) is 0 Å². The molecule has 0 amide bonds. The third-order valence-corrected chi connectivity index (χ3v) is 12.0. The molecule has 0 aliphatic carbocycles. The van der Waals surface area contributed by atoms with Crippen molar-refractivity contribution in [3.05, 3.63) is 174 Å². The highest BCUT2D eigenvalue weighted by Gasteiger charge is 2.20. The van der Waals surface area contributed by atoms with E-state index >= 15 is 0 Å². The molecule has 0 N–H and O–H groups in total. The highest BCUT2D eigenvalue weighted by Crippen LogP contribution is 2.38. The number of halogens is 1. The van der Waals surface area contributed by atoms with E-state index < -0.39 is 15.8 Å². The van der Waals surface area contributed by atoms with E-state index in [4.69, 9.17) is 21.6 Å². The zero-order valence-corrected chi connectivity index (χ0v) is 25.5. The van der Waals surface area contributed by atoms with Gasteiger partial charge in [0.2, 0.25) is 0 Å². The van der Waals surface area contributed by atoms with Crippen LogP contribution in [0, 0.1) is 0 Å². The Balaban J connectivity index is 1.33. The van der Waals surface area contributed by atoms with Crippen LogP contribution < -0.4 is 26.5 Å². The molecule has 2 nitrogen and oxygen atoms in total. The topological polar surface area (TPSA) is 25.2 Å². The van der Waals surface area contributed by atoms with Crippen molar-refractivity contribution in [2.75, 3.05) is 0 Å². The minimum absolute atomic E-state index is 0.581. The van der Waals surface area contributed by atoms with Gasteiger partial charge in [0.1, 0.15) is 0 Å². The lowest BCUT2D eigenvalue weighted by molar-refractivity contribution is 1.16. The number of pyridine rings is 1. The number of aliphatic imine (C=N–C) groups is 1. The van der Waals surface area contributed by atoms with E-state index in [1.165, 1.54) is 21.2 Å². The summed E-state index contributed by atoms with van der Waals surface area (Å²) in [6, 6.07) is 55.0. The van der Waals surface area contributed by atoms with Crippen molar-refractivity contribution >= 4 is 65.9 Å². The molecule has 6 rings (SSSR count). The molecule has 0 fully saturated rings. The van der Waals surface area contributed by atoms with Crippen LogP contribution >= 0.6 is 27.4 Å². The number of rotatable bonds is 9. The summed E-state index contributed by atoms with van der Waals surface area (Å²) in [5.74, 6) is 0. The summed E-state index contributed by atoms with van der Waals surface area (Å²) in [4.78, 5) is 10.0. The SMILES string of the molecule is Clc1ccc(N=Cc2cccc(CP(c3ccccc3)c3ccccc3)n2)c(P(c2ccccc2)c2ccccc2)c1. The lowest BCUT2D eigenvalue weighted by atomic mass is 10.3. The van der Waals surface area contributed by atoms with Gasteiger partial charge < -0.3 is 0 Å². The van der Waals surface area contributed by atoms with Gasteiger partial charge in [0.05, 0.1) is 17.6 Å². The minimum atomic E-state index is -0.849. The Morgan fingerprint density at radius 1 is 0.571 bits per heavy atom. The number of hydrogen-bond acceptors (Lipinski definition) is 2. The molecular weight excluding hydrogens is 570 g/mol. The van der Waals surface area contributed by atoms with Gasteiger partial charge in [-0.15, -0.1) is 0 Å². The Morgan fingerprint density at radius 3 is 1.64 bits per heavy atom. The predicted octanol–water partition coefficient (Wildman–Crippen LogP) is 7.88. The molecule has 0 saturated carbocycles. The largest absolute Gasteiger partial charge is 0.254 e. The second-order valence-corrected chi connectivity index (χ2v) is 14.5. The lowest BCUT2D eigenvalue weighted by Crippen LogP contribution is -2.21. The van der Waals surface area contributed by atoms with Gasteiger partial charge in [-0.25, -0.2) is 0 Å². The zero-order valence-electron chi connectivity index (χ0n) is 23.0. The molecule has 6 aromatic rings. The molecule has 1 aromatic heterocycles. The summed E-state index contributed by atoms with van der Waals surface area (Å²) in [6.07, 6.45) is 2.75. The van der Waals surface area contributed by atoms with Gasteiger partial charge in [0, 0.05) is 22.2 Å². The van der Waals surface area contributed by atoms with Crippen molar-refractivity contribution in [1.82, 2.24) is 4.98 Å². The van der Waals surface area contributed by atoms with Gasteiger partial charge in [-0.2, -0.15) is 0 Å². The maximum absolute atomic E-state index is 6.57. The van der Waals surface area contributed by atoms with Crippen LogP contribution in [0.2, 0.25) is 5.02 Å². The van der Waals surface area contributed by atoms with Crippen LogP contribution in [0.15, 0.2) is 163 Å². The molecule has 42 heavy (non-hydrogen) atoms. The summed E-state index contributed by atoms with van der Waals surface area (Å²) in [7, 11) is -1.43. The highest BCUT2D eigenvalue weighted by atomic mass is 35.5. The van der Waals surface area contributed by atoms with Gasteiger partial charge >= 0.3 is 0 Å². The van der Waals surface area contributed by atoms with E-state index in [2.05, 4.69) is 140 Å². The molecule has 1 heterocycles. The molecule has 0 radical (unpaired) electrons. The van der Waals surface area contributed by atoms with E-state index in [0.717, 1.165) is 28.5 Å². The minimum Gasteiger partial charge on any atom is -0.254 e.